The van der Waals surface area contributed by atoms with Crippen LogP contribution < -0.4 is 10.6 Å². The Balaban J connectivity index is 2.45. The first-order valence-corrected chi connectivity index (χ1v) is 5.33. The molecule has 0 aliphatic carbocycles. The van der Waals surface area contributed by atoms with Crippen molar-refractivity contribution in [1.82, 2.24) is 10.6 Å². The van der Waals surface area contributed by atoms with Crippen LogP contribution in [-0.2, 0) is 16.1 Å². The number of hydrogen-bond donors (Lipinski definition) is 3. The molecule has 0 bridgehead atoms. The lowest BCUT2D eigenvalue weighted by molar-refractivity contribution is -0.129. The SMILES string of the molecule is CC(=O)NC(CO)C(=O)NCc1ccccc1. The Morgan fingerprint density at radius 2 is 1.94 bits per heavy atom. The third-order valence-corrected chi connectivity index (χ3v) is 2.19. The van der Waals surface area contributed by atoms with Gasteiger partial charge in [-0.3, -0.25) is 9.59 Å². The van der Waals surface area contributed by atoms with Crippen molar-refractivity contribution in [3.63, 3.8) is 0 Å². The van der Waals surface area contributed by atoms with E-state index in [-0.39, 0.29) is 5.91 Å². The minimum absolute atomic E-state index is 0.348. The zero-order valence-corrected chi connectivity index (χ0v) is 9.64. The summed E-state index contributed by atoms with van der Waals surface area (Å²) in [7, 11) is 0. The Morgan fingerprint density at radius 3 is 2.47 bits per heavy atom. The van der Waals surface area contributed by atoms with Crippen molar-refractivity contribution in [3.8, 4) is 0 Å². The summed E-state index contributed by atoms with van der Waals surface area (Å²) in [5, 5.41) is 14.0. The number of nitrogens with one attached hydrogen (secondary N) is 2. The number of aliphatic hydroxyl groups is 1. The highest BCUT2D eigenvalue weighted by Gasteiger charge is 2.17. The molecule has 1 aromatic rings. The normalized spacial score (nSPS) is 11.6. The monoisotopic (exact) mass is 236 g/mol. The molecule has 0 saturated heterocycles. The fourth-order valence-electron chi connectivity index (χ4n) is 1.35. The molecule has 17 heavy (non-hydrogen) atoms. The van der Waals surface area contributed by atoms with Crippen LogP contribution in [0.15, 0.2) is 30.3 Å². The molecule has 3 N–H and O–H groups in total. The van der Waals surface area contributed by atoms with Gasteiger partial charge in [0, 0.05) is 13.5 Å². The van der Waals surface area contributed by atoms with Crippen LogP contribution in [0.4, 0.5) is 0 Å². The summed E-state index contributed by atoms with van der Waals surface area (Å²) in [4.78, 5) is 22.4. The second-order valence-corrected chi connectivity index (χ2v) is 3.64. The second kappa shape index (κ2) is 6.65. The van der Waals surface area contributed by atoms with Crippen molar-refractivity contribution >= 4 is 11.8 Å². The molecule has 1 atom stereocenters. The summed E-state index contributed by atoms with van der Waals surface area (Å²) < 4.78 is 0. The van der Waals surface area contributed by atoms with Gasteiger partial charge in [-0.25, -0.2) is 0 Å². The van der Waals surface area contributed by atoms with Gasteiger partial charge in [-0.05, 0) is 5.56 Å². The summed E-state index contributed by atoms with van der Waals surface area (Å²) >= 11 is 0. The molecule has 1 aromatic carbocycles. The number of aliphatic hydroxyl groups excluding tert-OH is 1. The zero-order valence-electron chi connectivity index (χ0n) is 9.64. The lowest BCUT2D eigenvalue weighted by Gasteiger charge is -2.14. The van der Waals surface area contributed by atoms with Crippen molar-refractivity contribution in [2.75, 3.05) is 6.61 Å². The molecule has 0 heterocycles. The number of carbonyl (C=O) groups is 2. The van der Waals surface area contributed by atoms with Crippen LogP contribution in [0.5, 0.6) is 0 Å². The van der Waals surface area contributed by atoms with Crippen LogP contribution in [0.2, 0.25) is 0 Å². The lowest BCUT2D eigenvalue weighted by atomic mass is 10.2. The molecule has 0 radical (unpaired) electrons. The first kappa shape index (κ1) is 13.2. The Hall–Kier alpha value is -1.88. The highest BCUT2D eigenvalue weighted by atomic mass is 16.3. The fraction of sp³-hybridized carbons (Fsp3) is 0.333. The van der Waals surface area contributed by atoms with Crippen LogP contribution in [0.1, 0.15) is 12.5 Å². The first-order chi connectivity index (χ1) is 8.13. The van der Waals surface area contributed by atoms with Gasteiger partial charge in [0.15, 0.2) is 0 Å². The van der Waals surface area contributed by atoms with Crippen LogP contribution in [0.25, 0.3) is 0 Å². The van der Waals surface area contributed by atoms with Gasteiger partial charge >= 0.3 is 0 Å². The number of carbonyl (C=O) groups excluding carboxylic acids is 2. The van der Waals surface area contributed by atoms with Gasteiger partial charge < -0.3 is 15.7 Å². The summed E-state index contributed by atoms with van der Waals surface area (Å²) in [5.41, 5.74) is 0.959. The van der Waals surface area contributed by atoms with Crippen LogP contribution in [0, 0.1) is 0 Å². The van der Waals surface area contributed by atoms with E-state index >= 15 is 0 Å². The maximum Gasteiger partial charge on any atom is 0.245 e. The number of rotatable bonds is 5. The predicted octanol–water partition coefficient (Wildman–Crippen LogP) is -0.200. The summed E-state index contributed by atoms with van der Waals surface area (Å²) in [6.45, 7) is 1.25. The van der Waals surface area contributed by atoms with Crippen molar-refractivity contribution in [2.45, 2.75) is 19.5 Å². The van der Waals surface area contributed by atoms with E-state index in [1.165, 1.54) is 6.92 Å². The van der Waals surface area contributed by atoms with Crippen LogP contribution >= 0.6 is 0 Å². The molecule has 0 fully saturated rings. The van der Waals surface area contributed by atoms with Gasteiger partial charge in [0.2, 0.25) is 11.8 Å². The average molecular weight is 236 g/mol. The molecule has 0 saturated carbocycles. The highest BCUT2D eigenvalue weighted by molar-refractivity contribution is 5.86. The molecule has 92 valence electrons. The predicted molar refractivity (Wildman–Crippen MR) is 63.0 cm³/mol. The molecule has 0 aliphatic rings. The van der Waals surface area contributed by atoms with Crippen LogP contribution in [0.3, 0.4) is 0 Å². The van der Waals surface area contributed by atoms with E-state index in [1.807, 2.05) is 30.3 Å². The summed E-state index contributed by atoms with van der Waals surface area (Å²) in [6.07, 6.45) is 0. The van der Waals surface area contributed by atoms with E-state index < -0.39 is 18.6 Å². The highest BCUT2D eigenvalue weighted by Crippen LogP contribution is 1.97. The van der Waals surface area contributed by atoms with Crippen molar-refractivity contribution in [3.05, 3.63) is 35.9 Å². The van der Waals surface area contributed by atoms with E-state index in [4.69, 9.17) is 5.11 Å². The number of hydrogen-bond acceptors (Lipinski definition) is 3. The maximum absolute atomic E-state index is 11.6. The minimum Gasteiger partial charge on any atom is -0.394 e. The molecule has 0 spiro atoms. The standard InChI is InChI=1S/C12H16N2O3/c1-9(16)14-11(8-15)12(17)13-7-10-5-3-2-4-6-10/h2-6,11,15H,7-8H2,1H3,(H,13,17)(H,14,16). The van der Waals surface area contributed by atoms with Gasteiger partial charge in [0.05, 0.1) is 6.61 Å². The Bertz CT molecular complexity index is 379. The van der Waals surface area contributed by atoms with E-state index in [9.17, 15) is 9.59 Å². The molecule has 2 amide bonds. The van der Waals surface area contributed by atoms with Gasteiger partial charge in [-0.1, -0.05) is 30.3 Å². The van der Waals surface area contributed by atoms with E-state index in [2.05, 4.69) is 10.6 Å². The number of benzene rings is 1. The molecule has 1 rings (SSSR count). The van der Waals surface area contributed by atoms with E-state index in [1.54, 1.807) is 0 Å². The van der Waals surface area contributed by atoms with Gasteiger partial charge in [0.1, 0.15) is 6.04 Å². The molecular weight excluding hydrogens is 220 g/mol. The molecule has 0 aliphatic heterocycles. The topological polar surface area (TPSA) is 78.4 Å². The molecular formula is C12H16N2O3. The number of amides is 2. The van der Waals surface area contributed by atoms with Crippen molar-refractivity contribution in [1.29, 1.82) is 0 Å². The molecule has 5 heteroatoms. The van der Waals surface area contributed by atoms with Gasteiger partial charge in [0.25, 0.3) is 0 Å². The Labute approximate surface area is 99.8 Å². The minimum atomic E-state index is -0.892. The Kier molecular flexibility index (Phi) is 5.16. The second-order valence-electron chi connectivity index (χ2n) is 3.64. The zero-order chi connectivity index (χ0) is 12.7. The first-order valence-electron chi connectivity index (χ1n) is 5.33. The van der Waals surface area contributed by atoms with Gasteiger partial charge in [-0.2, -0.15) is 0 Å². The molecule has 1 unspecified atom stereocenters. The molecule has 0 aromatic heterocycles. The average Bonchev–Trinajstić information content (AvgIpc) is 2.34. The Morgan fingerprint density at radius 1 is 1.29 bits per heavy atom. The van der Waals surface area contributed by atoms with E-state index in [0.717, 1.165) is 5.56 Å². The quantitative estimate of drug-likeness (QED) is 0.662. The van der Waals surface area contributed by atoms with Crippen molar-refractivity contribution in [2.24, 2.45) is 0 Å². The van der Waals surface area contributed by atoms with Crippen molar-refractivity contribution < 1.29 is 14.7 Å². The largest absolute Gasteiger partial charge is 0.394 e. The third kappa shape index (κ3) is 4.65. The third-order valence-electron chi connectivity index (χ3n) is 2.19. The smallest absolute Gasteiger partial charge is 0.245 e. The van der Waals surface area contributed by atoms with Crippen LogP contribution in [-0.4, -0.2) is 29.6 Å². The van der Waals surface area contributed by atoms with E-state index in [0.29, 0.717) is 6.54 Å². The summed E-state index contributed by atoms with van der Waals surface area (Å²) in [6, 6.07) is 8.51. The maximum atomic E-state index is 11.6. The summed E-state index contributed by atoms with van der Waals surface area (Å²) in [5.74, 6) is -0.745. The molecule has 5 nitrogen and oxygen atoms in total. The lowest BCUT2D eigenvalue weighted by Crippen LogP contribution is -2.48. The fourth-order valence-corrected chi connectivity index (χ4v) is 1.35. The van der Waals surface area contributed by atoms with Gasteiger partial charge in [-0.15, -0.1) is 0 Å².